The summed E-state index contributed by atoms with van der Waals surface area (Å²) in [5.74, 6) is 0.454. The van der Waals surface area contributed by atoms with Crippen LogP contribution in [0.1, 0.15) is 0 Å². The monoisotopic (exact) mass is 171 g/mol. The third-order valence-corrected chi connectivity index (χ3v) is 1.44. The predicted molar refractivity (Wildman–Crippen MR) is 42.9 cm³/mol. The highest BCUT2D eigenvalue weighted by molar-refractivity contribution is 6.06. The van der Waals surface area contributed by atoms with Gasteiger partial charge in [-0.05, 0) is 12.2 Å². The number of ether oxygens (including phenoxy) is 1. The number of hydrogen-bond donors (Lipinski definition) is 0. The summed E-state index contributed by atoms with van der Waals surface area (Å²) in [7, 11) is 0. The highest BCUT2D eigenvalue weighted by Crippen LogP contribution is 2.21. The Balaban J connectivity index is 0.000000605. The largest absolute Gasteiger partial charge is 0.489 e. The van der Waals surface area contributed by atoms with Crippen LogP contribution in [0.5, 0.6) is 0 Å². The fourth-order valence-corrected chi connectivity index (χ4v) is 0.966. The molecular formula is C7H6ClNO2. The van der Waals surface area contributed by atoms with Crippen LogP contribution in [0.25, 0.3) is 0 Å². The van der Waals surface area contributed by atoms with Gasteiger partial charge in [0.1, 0.15) is 12.4 Å². The van der Waals surface area contributed by atoms with E-state index >= 15 is 0 Å². The van der Waals surface area contributed by atoms with Gasteiger partial charge in [0.2, 0.25) is 0 Å². The zero-order chi connectivity index (χ0) is 6.97. The number of carbonyl (C=O) groups is 1. The Bertz CT molecular complexity index is 278. The van der Waals surface area contributed by atoms with E-state index in [4.69, 9.17) is 4.74 Å². The van der Waals surface area contributed by atoms with Gasteiger partial charge in [-0.15, -0.1) is 12.4 Å². The number of carbonyl (C=O) groups excluding carboxylic acids is 1. The second kappa shape index (κ2) is 2.88. The molecular weight excluding hydrogens is 166 g/mol. The lowest BCUT2D eigenvalue weighted by Gasteiger charge is -2.02. The SMILES string of the molecule is Cl.O=C1N=CC=C2OCC=C12. The molecule has 2 heterocycles. The van der Waals surface area contributed by atoms with Crippen LogP contribution in [-0.4, -0.2) is 18.7 Å². The van der Waals surface area contributed by atoms with Gasteiger partial charge in [0.15, 0.2) is 0 Å². The first kappa shape index (κ1) is 8.01. The normalized spacial score (nSPS) is 19.5. The summed E-state index contributed by atoms with van der Waals surface area (Å²) in [6.45, 7) is 0.496. The molecule has 3 nitrogen and oxygen atoms in total. The number of amides is 1. The fraction of sp³-hybridized carbons (Fsp3) is 0.143. The predicted octanol–water partition coefficient (Wildman–Crippen LogP) is 0.860. The minimum absolute atomic E-state index is 0. The van der Waals surface area contributed by atoms with E-state index in [0.717, 1.165) is 0 Å². The summed E-state index contributed by atoms with van der Waals surface area (Å²) in [5, 5.41) is 0. The Morgan fingerprint density at radius 1 is 1.55 bits per heavy atom. The van der Waals surface area contributed by atoms with Gasteiger partial charge in [0, 0.05) is 6.21 Å². The molecule has 2 aliphatic rings. The molecule has 0 saturated heterocycles. The molecule has 0 aromatic rings. The van der Waals surface area contributed by atoms with Gasteiger partial charge in [-0.1, -0.05) is 0 Å². The summed E-state index contributed by atoms with van der Waals surface area (Å²) >= 11 is 0. The van der Waals surface area contributed by atoms with Gasteiger partial charge in [-0.25, -0.2) is 4.99 Å². The van der Waals surface area contributed by atoms with E-state index in [0.29, 0.717) is 17.9 Å². The lowest BCUT2D eigenvalue weighted by atomic mass is 10.2. The Labute approximate surface area is 69.9 Å². The van der Waals surface area contributed by atoms with Crippen molar-refractivity contribution >= 4 is 24.5 Å². The zero-order valence-corrected chi connectivity index (χ0v) is 6.43. The standard InChI is InChI=1S/C7H5NO2.ClH/c9-7-5-2-4-10-6(5)1-3-8-7;/h1-3H,4H2;1H. The topological polar surface area (TPSA) is 38.7 Å². The molecule has 0 N–H and O–H groups in total. The first-order chi connectivity index (χ1) is 4.88. The van der Waals surface area contributed by atoms with E-state index in [9.17, 15) is 4.79 Å². The number of hydrogen-bond acceptors (Lipinski definition) is 2. The Kier molecular flexibility index (Phi) is 2.10. The summed E-state index contributed by atoms with van der Waals surface area (Å²) in [6.07, 6.45) is 4.89. The van der Waals surface area contributed by atoms with E-state index in [-0.39, 0.29) is 18.3 Å². The first-order valence-electron chi connectivity index (χ1n) is 3.00. The summed E-state index contributed by atoms with van der Waals surface area (Å²) < 4.78 is 5.08. The second-order valence-corrected chi connectivity index (χ2v) is 2.04. The van der Waals surface area contributed by atoms with Gasteiger partial charge in [0.25, 0.3) is 5.91 Å². The van der Waals surface area contributed by atoms with Crippen molar-refractivity contribution in [3.63, 3.8) is 0 Å². The molecule has 0 aromatic carbocycles. The molecule has 2 rings (SSSR count). The van der Waals surface area contributed by atoms with Crippen molar-refractivity contribution in [1.29, 1.82) is 0 Å². The third kappa shape index (κ3) is 1.19. The third-order valence-electron chi connectivity index (χ3n) is 1.44. The molecule has 0 unspecified atom stereocenters. The van der Waals surface area contributed by atoms with E-state index in [1.807, 2.05) is 0 Å². The lowest BCUT2D eigenvalue weighted by Crippen LogP contribution is -2.04. The molecule has 11 heavy (non-hydrogen) atoms. The van der Waals surface area contributed by atoms with Crippen molar-refractivity contribution in [2.45, 2.75) is 0 Å². The minimum atomic E-state index is -0.199. The van der Waals surface area contributed by atoms with Gasteiger partial charge in [-0.3, -0.25) is 4.79 Å². The fourth-order valence-electron chi connectivity index (χ4n) is 0.966. The van der Waals surface area contributed by atoms with Crippen LogP contribution in [0, 0.1) is 0 Å². The van der Waals surface area contributed by atoms with Gasteiger partial charge < -0.3 is 4.74 Å². The van der Waals surface area contributed by atoms with Crippen LogP contribution in [0.3, 0.4) is 0 Å². The number of nitrogens with zero attached hydrogens (tertiary/aromatic N) is 1. The minimum Gasteiger partial charge on any atom is -0.489 e. The summed E-state index contributed by atoms with van der Waals surface area (Å²) in [6, 6.07) is 0. The van der Waals surface area contributed by atoms with E-state index in [1.54, 1.807) is 12.2 Å². The van der Waals surface area contributed by atoms with Crippen molar-refractivity contribution in [2.24, 2.45) is 4.99 Å². The Hall–Kier alpha value is -1.09. The van der Waals surface area contributed by atoms with Gasteiger partial charge in [0.05, 0.1) is 5.57 Å². The maximum Gasteiger partial charge on any atom is 0.280 e. The molecule has 0 spiro atoms. The molecule has 1 amide bonds. The molecule has 0 radical (unpaired) electrons. The number of allylic oxidation sites excluding steroid dienone is 1. The van der Waals surface area contributed by atoms with Crippen LogP contribution in [0.15, 0.2) is 28.5 Å². The summed E-state index contributed by atoms with van der Waals surface area (Å²) in [4.78, 5) is 14.5. The van der Waals surface area contributed by atoms with Crippen molar-refractivity contribution < 1.29 is 9.53 Å². The van der Waals surface area contributed by atoms with Crippen LogP contribution in [0.2, 0.25) is 0 Å². The van der Waals surface area contributed by atoms with Crippen molar-refractivity contribution in [1.82, 2.24) is 0 Å². The molecule has 4 heteroatoms. The molecule has 2 aliphatic heterocycles. The van der Waals surface area contributed by atoms with Gasteiger partial charge >= 0.3 is 0 Å². The van der Waals surface area contributed by atoms with E-state index < -0.39 is 0 Å². The second-order valence-electron chi connectivity index (χ2n) is 2.04. The van der Waals surface area contributed by atoms with Crippen LogP contribution in [-0.2, 0) is 9.53 Å². The molecule has 0 aliphatic carbocycles. The molecule has 0 fully saturated rings. The Morgan fingerprint density at radius 3 is 3.09 bits per heavy atom. The van der Waals surface area contributed by atoms with E-state index in [2.05, 4.69) is 4.99 Å². The first-order valence-corrected chi connectivity index (χ1v) is 3.00. The zero-order valence-electron chi connectivity index (χ0n) is 5.61. The van der Waals surface area contributed by atoms with Crippen molar-refractivity contribution in [3.05, 3.63) is 23.5 Å². The molecule has 0 bridgehead atoms. The molecule has 0 aromatic heterocycles. The molecule has 58 valence electrons. The van der Waals surface area contributed by atoms with E-state index in [1.165, 1.54) is 6.21 Å². The highest BCUT2D eigenvalue weighted by Gasteiger charge is 2.21. The Morgan fingerprint density at radius 2 is 2.36 bits per heavy atom. The van der Waals surface area contributed by atoms with Gasteiger partial charge in [-0.2, -0.15) is 0 Å². The number of aliphatic imine (C=N–C) groups is 1. The summed E-state index contributed by atoms with van der Waals surface area (Å²) in [5.41, 5.74) is 0.600. The average Bonchev–Trinajstić information content (AvgIpc) is 2.36. The quantitative estimate of drug-likeness (QED) is 0.542. The number of rotatable bonds is 0. The van der Waals surface area contributed by atoms with Crippen molar-refractivity contribution in [2.75, 3.05) is 6.61 Å². The average molecular weight is 172 g/mol. The number of halogens is 1. The van der Waals surface area contributed by atoms with Crippen molar-refractivity contribution in [3.8, 4) is 0 Å². The molecule has 0 saturated carbocycles. The van der Waals surface area contributed by atoms with Crippen LogP contribution >= 0.6 is 12.4 Å². The smallest absolute Gasteiger partial charge is 0.280 e. The lowest BCUT2D eigenvalue weighted by molar-refractivity contribution is -0.114. The van der Waals surface area contributed by atoms with Crippen LogP contribution in [0.4, 0.5) is 0 Å². The number of dihydropyridines is 1. The highest BCUT2D eigenvalue weighted by atomic mass is 35.5. The maximum absolute atomic E-state index is 10.9. The molecule has 0 atom stereocenters. The maximum atomic E-state index is 10.9. The van der Waals surface area contributed by atoms with Crippen LogP contribution < -0.4 is 0 Å². The number of fused-ring (bicyclic) bond motifs is 1.